The molecule has 0 radical (unpaired) electrons. The number of pyridine rings is 1. The molecule has 0 unspecified atom stereocenters. The quantitative estimate of drug-likeness (QED) is 0.166. The maximum atomic E-state index is 13.7. The minimum absolute atomic E-state index is 0.0404. The summed E-state index contributed by atoms with van der Waals surface area (Å²) in [5.41, 5.74) is 4.31. The molecule has 0 atom stereocenters. The number of rotatable bonds is 10. The molecule has 2 amide bonds. The van der Waals surface area contributed by atoms with E-state index in [2.05, 4.69) is 37.1 Å². The van der Waals surface area contributed by atoms with Gasteiger partial charge in [-0.3, -0.25) is 9.58 Å². The smallest absolute Gasteiger partial charge is 0.323 e. The van der Waals surface area contributed by atoms with Crippen LogP contribution in [0.15, 0.2) is 77.7 Å². The van der Waals surface area contributed by atoms with Crippen LogP contribution < -0.4 is 20.9 Å². The van der Waals surface area contributed by atoms with Crippen molar-refractivity contribution in [2.24, 2.45) is 7.05 Å². The molecule has 0 saturated heterocycles. The van der Waals surface area contributed by atoms with Gasteiger partial charge in [-0.05, 0) is 63.3 Å². The van der Waals surface area contributed by atoms with Gasteiger partial charge in [0.2, 0.25) is 5.95 Å². The first-order valence-corrected chi connectivity index (χ1v) is 15.8. The first kappa shape index (κ1) is 31.3. The van der Waals surface area contributed by atoms with E-state index in [1.165, 1.54) is 6.20 Å². The number of aromatic nitrogens is 5. The van der Waals surface area contributed by atoms with E-state index < -0.39 is 0 Å². The Kier molecular flexibility index (Phi) is 9.43. The number of anilines is 3. The van der Waals surface area contributed by atoms with E-state index in [9.17, 15) is 10.1 Å². The highest BCUT2D eigenvalue weighted by Gasteiger charge is 2.31. The van der Waals surface area contributed by atoms with Gasteiger partial charge in [0.05, 0.1) is 12.4 Å². The fourth-order valence-electron chi connectivity index (χ4n) is 5.95. The molecular formula is C35H38N10O2. The highest BCUT2D eigenvalue weighted by molar-refractivity contribution is 5.91. The third-order valence-electron chi connectivity index (χ3n) is 8.43. The summed E-state index contributed by atoms with van der Waals surface area (Å²) in [6.07, 6.45) is 10.2. The van der Waals surface area contributed by atoms with Crippen molar-refractivity contribution in [3.63, 3.8) is 0 Å². The summed E-state index contributed by atoms with van der Waals surface area (Å²) >= 11 is 0. The zero-order valence-electron chi connectivity index (χ0n) is 26.8. The molecular weight excluding hydrogens is 592 g/mol. The van der Waals surface area contributed by atoms with Crippen molar-refractivity contribution >= 4 is 23.6 Å². The summed E-state index contributed by atoms with van der Waals surface area (Å²) in [5.74, 6) is 3.21. The Balaban J connectivity index is 1.13. The number of benzene rings is 1. The SMILES string of the molecule is Cc1cc(CNc2nc(NC3CCC(N(C(=O)NCc4ccccc4)c4ccc(-c5cnn(C)c5)cn4)CC3)ncc2C#N)c(C)o1. The Morgan fingerprint density at radius 1 is 1.02 bits per heavy atom. The molecule has 240 valence electrons. The number of amides is 2. The van der Waals surface area contributed by atoms with E-state index in [1.54, 1.807) is 22.0 Å². The molecule has 0 bridgehead atoms. The minimum Gasteiger partial charge on any atom is -0.466 e. The van der Waals surface area contributed by atoms with Crippen LogP contribution in [0.4, 0.5) is 22.4 Å². The average Bonchev–Trinajstić information content (AvgIpc) is 3.67. The molecule has 4 aromatic heterocycles. The fraction of sp³-hybridized carbons (Fsp3) is 0.314. The van der Waals surface area contributed by atoms with Crippen molar-refractivity contribution < 1.29 is 9.21 Å². The molecule has 3 N–H and O–H groups in total. The summed E-state index contributed by atoms with van der Waals surface area (Å²) < 4.78 is 7.38. The van der Waals surface area contributed by atoms with Crippen molar-refractivity contribution in [3.8, 4) is 17.2 Å². The summed E-state index contributed by atoms with van der Waals surface area (Å²) in [6, 6.07) is 17.8. The molecule has 1 saturated carbocycles. The Morgan fingerprint density at radius 2 is 1.83 bits per heavy atom. The van der Waals surface area contributed by atoms with Crippen molar-refractivity contribution in [3.05, 3.63) is 102 Å². The first-order chi connectivity index (χ1) is 22.9. The lowest BCUT2D eigenvalue weighted by Crippen LogP contribution is -2.49. The monoisotopic (exact) mass is 630 g/mol. The number of furan rings is 1. The van der Waals surface area contributed by atoms with E-state index in [1.807, 2.05) is 75.6 Å². The molecule has 1 aliphatic carbocycles. The number of nitrogens with zero attached hydrogens (tertiary/aromatic N) is 7. The van der Waals surface area contributed by atoms with Crippen LogP contribution in [0.25, 0.3) is 11.1 Å². The highest BCUT2D eigenvalue weighted by atomic mass is 16.3. The fourth-order valence-corrected chi connectivity index (χ4v) is 5.95. The maximum Gasteiger partial charge on any atom is 0.323 e. The Hall–Kier alpha value is -5.70. The van der Waals surface area contributed by atoms with E-state index in [0.717, 1.165) is 59.5 Å². The van der Waals surface area contributed by atoms with E-state index >= 15 is 0 Å². The first-order valence-electron chi connectivity index (χ1n) is 15.8. The van der Waals surface area contributed by atoms with Gasteiger partial charge in [-0.25, -0.2) is 14.8 Å². The summed E-state index contributed by atoms with van der Waals surface area (Å²) in [7, 11) is 1.88. The molecule has 12 heteroatoms. The number of urea groups is 1. The number of nitrogens with one attached hydrogen (secondary N) is 3. The summed E-state index contributed by atoms with van der Waals surface area (Å²) in [5, 5.41) is 23.7. The number of hydrogen-bond acceptors (Lipinski definition) is 9. The lowest BCUT2D eigenvalue weighted by atomic mass is 9.90. The summed E-state index contributed by atoms with van der Waals surface area (Å²) in [4.78, 5) is 29.3. The third kappa shape index (κ3) is 7.58. The Labute approximate surface area is 273 Å². The third-order valence-corrected chi connectivity index (χ3v) is 8.43. The van der Waals surface area contributed by atoms with Crippen LogP contribution in [0.1, 0.15) is 53.9 Å². The van der Waals surface area contributed by atoms with Gasteiger partial charge in [-0.1, -0.05) is 30.3 Å². The topological polar surface area (TPSA) is 150 Å². The van der Waals surface area contributed by atoms with Crippen LogP contribution in [0, 0.1) is 25.2 Å². The minimum atomic E-state index is -0.180. The number of hydrogen-bond donors (Lipinski definition) is 3. The molecule has 0 spiro atoms. The highest BCUT2D eigenvalue weighted by Crippen LogP contribution is 2.30. The molecule has 12 nitrogen and oxygen atoms in total. The number of aryl methyl sites for hydroxylation is 3. The second kappa shape index (κ2) is 14.2. The molecule has 6 rings (SSSR count). The standard InChI is InChI=1S/C35H38N10O2/c1-23-15-27(24(2)47-23)19-38-33-28(16-36)20-39-34(43-33)42-30-10-12-31(13-11-30)45(35(46)40-17-25-7-5-4-6-8-25)32-14-9-26(18-37-32)29-21-41-44(3)22-29/h4-9,14-15,18,20-22,30-31H,10-13,17,19H2,1-3H3,(H,40,46)(H2,38,39,42,43). The predicted octanol–water partition coefficient (Wildman–Crippen LogP) is 6.11. The van der Waals surface area contributed by atoms with Crippen molar-refractivity contribution in [2.75, 3.05) is 15.5 Å². The molecule has 1 aromatic carbocycles. The zero-order valence-corrected chi connectivity index (χ0v) is 26.8. The lowest BCUT2D eigenvalue weighted by Gasteiger charge is -2.36. The lowest BCUT2D eigenvalue weighted by molar-refractivity contribution is 0.240. The van der Waals surface area contributed by atoms with Crippen LogP contribution >= 0.6 is 0 Å². The Bertz CT molecular complexity index is 1850. The number of carbonyl (C=O) groups is 1. The Morgan fingerprint density at radius 3 is 2.49 bits per heavy atom. The van der Waals surface area contributed by atoms with Crippen LogP contribution in [0.3, 0.4) is 0 Å². The maximum absolute atomic E-state index is 13.7. The predicted molar refractivity (Wildman–Crippen MR) is 180 cm³/mol. The van der Waals surface area contributed by atoms with E-state index in [-0.39, 0.29) is 18.1 Å². The summed E-state index contributed by atoms with van der Waals surface area (Å²) in [6.45, 7) is 4.73. The molecule has 1 fully saturated rings. The van der Waals surface area contributed by atoms with Crippen LogP contribution in [0.2, 0.25) is 0 Å². The number of carbonyl (C=O) groups excluding carboxylic acids is 1. The van der Waals surface area contributed by atoms with Crippen LogP contribution in [-0.2, 0) is 20.1 Å². The van der Waals surface area contributed by atoms with Gasteiger partial charge in [0.1, 0.15) is 34.8 Å². The van der Waals surface area contributed by atoms with E-state index in [0.29, 0.717) is 36.2 Å². The molecule has 4 heterocycles. The van der Waals surface area contributed by atoms with Crippen molar-refractivity contribution in [1.82, 2.24) is 30.0 Å². The van der Waals surface area contributed by atoms with Gasteiger partial charge in [0, 0.05) is 61.3 Å². The van der Waals surface area contributed by atoms with Crippen LogP contribution in [0.5, 0.6) is 0 Å². The number of nitriles is 1. The van der Waals surface area contributed by atoms with Crippen LogP contribution in [-0.4, -0.2) is 42.8 Å². The molecule has 1 aliphatic rings. The largest absolute Gasteiger partial charge is 0.466 e. The zero-order chi connectivity index (χ0) is 32.8. The van der Waals surface area contributed by atoms with Gasteiger partial charge in [-0.15, -0.1) is 0 Å². The normalized spacial score (nSPS) is 15.9. The van der Waals surface area contributed by atoms with Gasteiger partial charge >= 0.3 is 6.03 Å². The van der Waals surface area contributed by atoms with Gasteiger partial charge in [0.25, 0.3) is 0 Å². The average molecular weight is 631 g/mol. The van der Waals surface area contributed by atoms with E-state index in [4.69, 9.17) is 9.40 Å². The van der Waals surface area contributed by atoms with Gasteiger partial charge < -0.3 is 20.4 Å². The molecule has 5 aromatic rings. The van der Waals surface area contributed by atoms with Crippen molar-refractivity contribution in [1.29, 1.82) is 5.26 Å². The molecule has 0 aliphatic heterocycles. The van der Waals surface area contributed by atoms with Gasteiger partial charge in [0.15, 0.2) is 0 Å². The van der Waals surface area contributed by atoms with Gasteiger partial charge in [-0.2, -0.15) is 15.3 Å². The van der Waals surface area contributed by atoms with Crippen molar-refractivity contribution in [2.45, 2.75) is 64.7 Å². The second-order valence-corrected chi connectivity index (χ2v) is 11.8. The molecule has 47 heavy (non-hydrogen) atoms. The second-order valence-electron chi connectivity index (χ2n) is 11.8.